The van der Waals surface area contributed by atoms with E-state index in [9.17, 15) is 13.6 Å². The number of anilines is 1. The molecule has 9 nitrogen and oxygen atoms in total. The summed E-state index contributed by atoms with van der Waals surface area (Å²) >= 11 is 6.31. The minimum atomic E-state index is -2.75. The van der Waals surface area contributed by atoms with Crippen molar-refractivity contribution in [2.45, 2.75) is 33.4 Å². The van der Waals surface area contributed by atoms with Crippen LogP contribution in [-0.4, -0.2) is 40.2 Å². The zero-order chi connectivity index (χ0) is 26.3. The zero-order valence-electron chi connectivity index (χ0n) is 20.3. The summed E-state index contributed by atoms with van der Waals surface area (Å²) in [6.45, 7) is 3.83. The maximum absolute atomic E-state index is 14.0. The molecule has 0 radical (unpaired) electrons. The first-order chi connectivity index (χ1) is 17.7. The van der Waals surface area contributed by atoms with Gasteiger partial charge in [0.05, 0.1) is 29.5 Å². The van der Waals surface area contributed by atoms with Gasteiger partial charge in [-0.3, -0.25) is 14.2 Å². The van der Waals surface area contributed by atoms with Crippen LogP contribution in [0.4, 0.5) is 14.6 Å². The molecule has 0 spiro atoms. The Kier molecular flexibility index (Phi) is 6.46. The van der Waals surface area contributed by atoms with E-state index >= 15 is 0 Å². The predicted octanol–water partition coefficient (Wildman–Crippen LogP) is 4.92. The molecule has 4 aromatic heterocycles. The van der Waals surface area contributed by atoms with Gasteiger partial charge in [0, 0.05) is 30.6 Å². The third kappa shape index (κ3) is 5.08. The summed E-state index contributed by atoms with van der Waals surface area (Å²) in [5.74, 6) is -0.274. The van der Waals surface area contributed by atoms with Crippen LogP contribution in [0.5, 0.6) is 0 Å². The third-order valence-corrected chi connectivity index (χ3v) is 6.12. The molecule has 37 heavy (non-hydrogen) atoms. The van der Waals surface area contributed by atoms with Crippen molar-refractivity contribution in [2.75, 3.05) is 5.32 Å². The van der Waals surface area contributed by atoms with Crippen LogP contribution in [0.3, 0.4) is 0 Å². The van der Waals surface area contributed by atoms with Crippen molar-refractivity contribution in [3.05, 3.63) is 76.3 Å². The molecule has 190 valence electrons. The molecule has 0 aliphatic carbocycles. The van der Waals surface area contributed by atoms with Gasteiger partial charge in [0.2, 0.25) is 5.91 Å². The maximum atomic E-state index is 14.0. The number of hydrogen-bond acceptors (Lipinski definition) is 5. The Morgan fingerprint density at radius 2 is 1.97 bits per heavy atom. The fourth-order valence-electron chi connectivity index (χ4n) is 4.24. The highest BCUT2D eigenvalue weighted by Gasteiger charge is 2.23. The molecule has 0 saturated heterocycles. The molecule has 4 heterocycles. The second-order valence-corrected chi connectivity index (χ2v) is 9.21. The number of pyridine rings is 1. The standard InChI is InChI=1S/C25H23ClF2N8O/c1-14-5-4-6-16(7-14)10-35-12-19(26)24(33-35)31-21(37)13-36-25-22(15(2)32-36)18(23(27)28)8-20(30-25)17-9-29-34(3)11-17/h4-9,11-12,23H,10,13H2,1-3H3,(H,31,33,37). The van der Waals surface area contributed by atoms with E-state index in [0.717, 1.165) is 11.1 Å². The summed E-state index contributed by atoms with van der Waals surface area (Å²) < 4.78 is 32.4. The molecule has 1 aromatic carbocycles. The highest BCUT2D eigenvalue weighted by molar-refractivity contribution is 6.33. The fourth-order valence-corrected chi connectivity index (χ4v) is 4.44. The van der Waals surface area contributed by atoms with E-state index in [1.807, 2.05) is 31.2 Å². The third-order valence-electron chi connectivity index (χ3n) is 5.84. The first-order valence-corrected chi connectivity index (χ1v) is 11.8. The van der Waals surface area contributed by atoms with E-state index in [4.69, 9.17) is 11.6 Å². The SMILES string of the molecule is Cc1cccc(Cn2cc(Cl)c(NC(=O)Cn3nc(C)c4c(C(F)F)cc(-c5cnn(C)c5)nc43)n2)c1. The van der Waals surface area contributed by atoms with Gasteiger partial charge in [0.15, 0.2) is 11.5 Å². The quantitative estimate of drug-likeness (QED) is 0.326. The summed E-state index contributed by atoms with van der Waals surface area (Å²) in [7, 11) is 1.72. The number of benzene rings is 1. The molecule has 0 bridgehead atoms. The van der Waals surface area contributed by atoms with Crippen molar-refractivity contribution >= 4 is 34.4 Å². The highest BCUT2D eigenvalue weighted by atomic mass is 35.5. The van der Waals surface area contributed by atoms with E-state index in [1.54, 1.807) is 41.9 Å². The van der Waals surface area contributed by atoms with Crippen molar-refractivity contribution in [1.82, 2.24) is 34.3 Å². The fraction of sp³-hybridized carbons (Fsp3) is 0.240. The van der Waals surface area contributed by atoms with E-state index in [1.165, 1.54) is 10.7 Å². The van der Waals surface area contributed by atoms with Crippen molar-refractivity contribution < 1.29 is 13.6 Å². The molecule has 0 aliphatic rings. The summed E-state index contributed by atoms with van der Waals surface area (Å²) in [5.41, 5.74) is 3.39. The normalized spacial score (nSPS) is 11.5. The minimum absolute atomic E-state index is 0.181. The number of nitrogens with one attached hydrogen (secondary N) is 1. The Bertz CT molecular complexity index is 1620. The summed E-state index contributed by atoms with van der Waals surface area (Å²) in [6.07, 6.45) is 2.10. The molecular weight excluding hydrogens is 502 g/mol. The van der Waals surface area contributed by atoms with Gasteiger partial charge in [0.25, 0.3) is 6.43 Å². The number of alkyl halides is 2. The first kappa shape index (κ1) is 24.6. The Hall–Kier alpha value is -4.12. The lowest BCUT2D eigenvalue weighted by Crippen LogP contribution is -2.20. The molecule has 0 aliphatic heterocycles. The molecule has 1 amide bonds. The molecule has 1 N–H and O–H groups in total. The monoisotopic (exact) mass is 524 g/mol. The molecule has 0 saturated carbocycles. The molecule has 0 unspecified atom stereocenters. The largest absolute Gasteiger partial charge is 0.306 e. The van der Waals surface area contributed by atoms with Gasteiger partial charge >= 0.3 is 0 Å². The van der Waals surface area contributed by atoms with Gasteiger partial charge in [-0.05, 0) is 25.5 Å². The lowest BCUT2D eigenvalue weighted by molar-refractivity contribution is -0.116. The Balaban J connectivity index is 1.41. The summed E-state index contributed by atoms with van der Waals surface area (Å²) in [5, 5.41) is 16.0. The van der Waals surface area contributed by atoms with Gasteiger partial charge in [0.1, 0.15) is 11.6 Å². The average molecular weight is 525 g/mol. The van der Waals surface area contributed by atoms with Crippen LogP contribution in [0.1, 0.15) is 28.8 Å². The van der Waals surface area contributed by atoms with Crippen LogP contribution in [0.2, 0.25) is 5.02 Å². The van der Waals surface area contributed by atoms with Crippen molar-refractivity contribution in [2.24, 2.45) is 7.05 Å². The number of hydrogen-bond donors (Lipinski definition) is 1. The van der Waals surface area contributed by atoms with Crippen LogP contribution < -0.4 is 5.32 Å². The molecule has 0 atom stereocenters. The van der Waals surface area contributed by atoms with Gasteiger partial charge in [-0.1, -0.05) is 41.4 Å². The number of fused-ring (bicyclic) bond motifs is 1. The zero-order valence-corrected chi connectivity index (χ0v) is 21.0. The van der Waals surface area contributed by atoms with Crippen molar-refractivity contribution in [3.8, 4) is 11.3 Å². The van der Waals surface area contributed by atoms with Crippen LogP contribution in [0.25, 0.3) is 22.3 Å². The van der Waals surface area contributed by atoms with Crippen LogP contribution in [0.15, 0.2) is 48.9 Å². The molecule has 12 heteroatoms. The second-order valence-electron chi connectivity index (χ2n) is 8.80. The van der Waals surface area contributed by atoms with Gasteiger partial charge in [-0.15, -0.1) is 0 Å². The van der Waals surface area contributed by atoms with Gasteiger partial charge in [-0.2, -0.15) is 15.3 Å². The van der Waals surface area contributed by atoms with Crippen LogP contribution in [-0.2, 0) is 24.9 Å². The molecular formula is C25H23ClF2N8O. The molecule has 0 fully saturated rings. The Labute approximate surface area is 215 Å². The number of aromatic nitrogens is 7. The van der Waals surface area contributed by atoms with Crippen molar-refractivity contribution in [1.29, 1.82) is 0 Å². The van der Waals surface area contributed by atoms with E-state index < -0.39 is 12.3 Å². The lowest BCUT2D eigenvalue weighted by Gasteiger charge is -2.08. The minimum Gasteiger partial charge on any atom is -0.306 e. The van der Waals surface area contributed by atoms with Crippen LogP contribution in [0, 0.1) is 13.8 Å². The average Bonchev–Trinajstić information content (AvgIpc) is 3.51. The summed E-state index contributed by atoms with van der Waals surface area (Å²) in [4.78, 5) is 17.5. The van der Waals surface area contributed by atoms with Gasteiger partial charge < -0.3 is 5.32 Å². The summed E-state index contributed by atoms with van der Waals surface area (Å²) in [6, 6.07) is 9.32. The van der Waals surface area contributed by atoms with E-state index in [-0.39, 0.29) is 34.0 Å². The number of nitrogens with zero attached hydrogens (tertiary/aromatic N) is 7. The number of carbonyl (C=O) groups is 1. The highest BCUT2D eigenvalue weighted by Crippen LogP contribution is 2.33. The second kappa shape index (κ2) is 9.74. The number of carbonyl (C=O) groups excluding carboxylic acids is 1. The van der Waals surface area contributed by atoms with E-state index in [2.05, 4.69) is 25.6 Å². The first-order valence-electron chi connectivity index (χ1n) is 11.4. The lowest BCUT2D eigenvalue weighted by atomic mass is 10.1. The van der Waals surface area contributed by atoms with Crippen LogP contribution >= 0.6 is 11.6 Å². The number of amides is 1. The molecule has 5 rings (SSSR count). The van der Waals surface area contributed by atoms with Crippen molar-refractivity contribution in [3.63, 3.8) is 0 Å². The maximum Gasteiger partial charge on any atom is 0.264 e. The topological polar surface area (TPSA) is 95.5 Å². The van der Waals surface area contributed by atoms with Gasteiger partial charge in [-0.25, -0.2) is 18.4 Å². The molecule has 5 aromatic rings. The number of rotatable bonds is 7. The smallest absolute Gasteiger partial charge is 0.264 e. The Morgan fingerprint density at radius 1 is 1.16 bits per heavy atom. The number of halogens is 3. The number of aryl methyl sites for hydroxylation is 3. The predicted molar refractivity (Wildman–Crippen MR) is 136 cm³/mol. The Morgan fingerprint density at radius 3 is 2.68 bits per heavy atom. The van der Waals surface area contributed by atoms with E-state index in [0.29, 0.717) is 23.5 Å².